The molecule has 2 saturated heterocycles. The Morgan fingerprint density at radius 3 is 2.46 bits per heavy atom. The molecule has 2 aliphatic heterocycles. The standard InChI is InChI=1S/C25H29F3N6O3/c26-25(27,28)24-31-21(33-9-6-18(15-35)7-10-33)12-22(32-24)34-14-19(36)11-20(34)23(37)30-8-5-16-1-3-17(13-29)4-2-16/h1-4,12,18-20,35-36H,5-11,14-15H2,(H,30,37). The largest absolute Gasteiger partial charge is 0.451 e. The molecular weight excluding hydrogens is 489 g/mol. The molecular formula is C25H29F3N6O3. The molecule has 2 atom stereocenters. The molecule has 9 nitrogen and oxygen atoms in total. The van der Waals surface area contributed by atoms with Gasteiger partial charge in [-0.2, -0.15) is 18.4 Å². The normalized spacial score (nSPS) is 20.6. The second-order valence-electron chi connectivity index (χ2n) is 9.43. The summed E-state index contributed by atoms with van der Waals surface area (Å²) >= 11 is 0. The van der Waals surface area contributed by atoms with Gasteiger partial charge < -0.3 is 25.3 Å². The third-order valence-corrected chi connectivity index (χ3v) is 6.82. The van der Waals surface area contributed by atoms with E-state index in [0.29, 0.717) is 37.9 Å². The number of nitrogens with zero attached hydrogens (tertiary/aromatic N) is 5. The fourth-order valence-electron chi connectivity index (χ4n) is 4.71. The van der Waals surface area contributed by atoms with Crippen molar-refractivity contribution in [3.63, 3.8) is 0 Å². The summed E-state index contributed by atoms with van der Waals surface area (Å²) in [4.78, 5) is 23.6. The first-order valence-electron chi connectivity index (χ1n) is 12.2. The van der Waals surface area contributed by atoms with E-state index in [1.54, 1.807) is 29.2 Å². The lowest BCUT2D eigenvalue weighted by Gasteiger charge is -2.33. The molecule has 2 unspecified atom stereocenters. The van der Waals surface area contributed by atoms with Crippen molar-refractivity contribution in [1.29, 1.82) is 5.26 Å². The summed E-state index contributed by atoms with van der Waals surface area (Å²) in [5, 5.41) is 31.4. The first kappa shape index (κ1) is 26.6. The maximum absolute atomic E-state index is 13.7. The number of carbonyl (C=O) groups excluding carboxylic acids is 1. The van der Waals surface area contributed by atoms with Crippen LogP contribution in [0.4, 0.5) is 24.8 Å². The molecule has 0 aliphatic carbocycles. The van der Waals surface area contributed by atoms with E-state index in [1.165, 1.54) is 11.0 Å². The minimum absolute atomic E-state index is 0.0320. The van der Waals surface area contributed by atoms with E-state index in [-0.39, 0.29) is 43.7 Å². The Balaban J connectivity index is 1.50. The fraction of sp³-hybridized carbons (Fsp3) is 0.520. The van der Waals surface area contributed by atoms with Crippen LogP contribution < -0.4 is 15.1 Å². The lowest BCUT2D eigenvalue weighted by molar-refractivity contribution is -0.144. The lowest BCUT2D eigenvalue weighted by atomic mass is 9.98. The number of rotatable bonds is 7. The van der Waals surface area contributed by atoms with Gasteiger partial charge in [-0.1, -0.05) is 12.1 Å². The molecule has 1 aromatic carbocycles. The number of aliphatic hydroxyl groups excluding tert-OH is 2. The number of aliphatic hydroxyl groups is 2. The fourth-order valence-corrected chi connectivity index (χ4v) is 4.71. The number of alkyl halides is 3. The lowest BCUT2D eigenvalue weighted by Crippen LogP contribution is -2.44. The second-order valence-corrected chi connectivity index (χ2v) is 9.43. The van der Waals surface area contributed by atoms with E-state index in [0.717, 1.165) is 5.56 Å². The number of anilines is 2. The predicted molar refractivity (Wildman–Crippen MR) is 129 cm³/mol. The van der Waals surface area contributed by atoms with Crippen molar-refractivity contribution in [3.8, 4) is 6.07 Å². The van der Waals surface area contributed by atoms with Crippen LogP contribution in [0, 0.1) is 17.2 Å². The van der Waals surface area contributed by atoms with E-state index in [1.807, 2.05) is 6.07 Å². The summed E-state index contributed by atoms with van der Waals surface area (Å²) in [6, 6.07) is 9.54. The monoisotopic (exact) mass is 518 g/mol. The molecule has 0 bridgehead atoms. The van der Waals surface area contributed by atoms with Crippen LogP contribution >= 0.6 is 0 Å². The molecule has 198 valence electrons. The molecule has 0 spiro atoms. The third-order valence-electron chi connectivity index (χ3n) is 6.82. The van der Waals surface area contributed by atoms with Crippen molar-refractivity contribution in [2.45, 2.75) is 44.0 Å². The van der Waals surface area contributed by atoms with Crippen molar-refractivity contribution in [2.24, 2.45) is 5.92 Å². The predicted octanol–water partition coefficient (Wildman–Crippen LogP) is 1.87. The number of aromatic nitrogens is 2. The molecule has 2 fully saturated rings. The molecule has 4 rings (SSSR count). The highest BCUT2D eigenvalue weighted by Crippen LogP contribution is 2.34. The van der Waals surface area contributed by atoms with E-state index in [9.17, 15) is 28.2 Å². The van der Waals surface area contributed by atoms with Crippen molar-refractivity contribution in [1.82, 2.24) is 15.3 Å². The van der Waals surface area contributed by atoms with Gasteiger partial charge >= 0.3 is 6.18 Å². The Morgan fingerprint density at radius 2 is 1.84 bits per heavy atom. The van der Waals surface area contributed by atoms with Gasteiger partial charge in [0.2, 0.25) is 11.7 Å². The van der Waals surface area contributed by atoms with Gasteiger partial charge in [0.15, 0.2) is 0 Å². The number of hydrogen-bond acceptors (Lipinski definition) is 8. The van der Waals surface area contributed by atoms with E-state index in [2.05, 4.69) is 15.3 Å². The van der Waals surface area contributed by atoms with Crippen molar-refractivity contribution < 1.29 is 28.2 Å². The number of piperidine rings is 1. The topological polar surface area (TPSA) is 126 Å². The minimum atomic E-state index is -4.79. The first-order chi connectivity index (χ1) is 17.7. The van der Waals surface area contributed by atoms with E-state index >= 15 is 0 Å². The van der Waals surface area contributed by atoms with Gasteiger partial charge in [-0.05, 0) is 42.9 Å². The maximum Gasteiger partial charge on any atom is 0.451 e. The molecule has 12 heteroatoms. The van der Waals surface area contributed by atoms with Gasteiger partial charge in [0.05, 0.1) is 17.7 Å². The summed E-state index contributed by atoms with van der Waals surface area (Å²) < 4.78 is 41.1. The van der Waals surface area contributed by atoms with Crippen LogP contribution in [0.2, 0.25) is 0 Å². The van der Waals surface area contributed by atoms with Gasteiger partial charge in [-0.3, -0.25) is 4.79 Å². The average Bonchev–Trinajstić information content (AvgIpc) is 3.30. The summed E-state index contributed by atoms with van der Waals surface area (Å²) in [6.07, 6.45) is -3.86. The molecule has 1 aromatic heterocycles. The zero-order valence-electron chi connectivity index (χ0n) is 20.2. The molecule has 2 aliphatic rings. The maximum atomic E-state index is 13.7. The zero-order valence-corrected chi connectivity index (χ0v) is 20.2. The summed E-state index contributed by atoms with van der Waals surface area (Å²) in [5.41, 5.74) is 1.45. The molecule has 2 aromatic rings. The number of benzene rings is 1. The van der Waals surface area contributed by atoms with Crippen LogP contribution in [0.3, 0.4) is 0 Å². The van der Waals surface area contributed by atoms with Gasteiger partial charge in [0.1, 0.15) is 17.7 Å². The number of nitrogens with one attached hydrogen (secondary N) is 1. The quantitative estimate of drug-likeness (QED) is 0.508. The highest BCUT2D eigenvalue weighted by atomic mass is 19.4. The summed E-state index contributed by atoms with van der Waals surface area (Å²) in [7, 11) is 0. The number of halogens is 3. The van der Waals surface area contributed by atoms with Gasteiger partial charge in [-0.15, -0.1) is 0 Å². The average molecular weight is 519 g/mol. The molecule has 3 heterocycles. The Labute approximate surface area is 212 Å². The van der Waals surface area contributed by atoms with Gasteiger partial charge in [0.25, 0.3) is 0 Å². The molecule has 0 saturated carbocycles. The van der Waals surface area contributed by atoms with Crippen LogP contribution in [0.5, 0.6) is 0 Å². The van der Waals surface area contributed by atoms with Crippen molar-refractivity contribution >= 4 is 17.5 Å². The first-order valence-corrected chi connectivity index (χ1v) is 12.2. The molecule has 37 heavy (non-hydrogen) atoms. The van der Waals surface area contributed by atoms with Crippen LogP contribution in [0.1, 0.15) is 36.2 Å². The van der Waals surface area contributed by atoms with E-state index < -0.39 is 30.1 Å². The van der Waals surface area contributed by atoms with Crippen molar-refractivity contribution in [3.05, 3.63) is 47.3 Å². The number of amides is 1. The van der Waals surface area contributed by atoms with Crippen LogP contribution in [0.15, 0.2) is 30.3 Å². The number of β-amino-alcohol motifs (C(OH)–C–C–N with tert-alkyl or cyclic N) is 1. The van der Waals surface area contributed by atoms with Crippen LogP contribution in [0.25, 0.3) is 0 Å². The number of carbonyl (C=O) groups is 1. The minimum Gasteiger partial charge on any atom is -0.396 e. The van der Waals surface area contributed by atoms with Crippen LogP contribution in [-0.2, 0) is 17.4 Å². The zero-order chi connectivity index (χ0) is 26.6. The van der Waals surface area contributed by atoms with Gasteiger partial charge in [-0.25, -0.2) is 9.97 Å². The SMILES string of the molecule is N#Cc1ccc(CCNC(=O)C2CC(O)CN2c2cc(N3CCC(CO)CC3)nc(C(F)(F)F)n2)cc1. The van der Waals surface area contributed by atoms with Crippen molar-refractivity contribution in [2.75, 3.05) is 42.6 Å². The number of hydrogen-bond donors (Lipinski definition) is 3. The smallest absolute Gasteiger partial charge is 0.396 e. The molecule has 3 N–H and O–H groups in total. The van der Waals surface area contributed by atoms with E-state index in [4.69, 9.17) is 5.26 Å². The third kappa shape index (κ3) is 6.47. The highest BCUT2D eigenvalue weighted by molar-refractivity contribution is 5.86. The summed E-state index contributed by atoms with van der Waals surface area (Å²) in [5.74, 6) is -1.57. The number of nitriles is 1. The highest BCUT2D eigenvalue weighted by Gasteiger charge is 2.40. The summed E-state index contributed by atoms with van der Waals surface area (Å²) in [6.45, 7) is 1.17. The second kappa shape index (κ2) is 11.3. The molecule has 0 radical (unpaired) electrons. The Hall–Kier alpha value is -3.43. The Kier molecular flexibility index (Phi) is 8.14. The van der Waals surface area contributed by atoms with Gasteiger partial charge in [0, 0.05) is 45.3 Å². The Morgan fingerprint density at radius 1 is 1.16 bits per heavy atom. The van der Waals surface area contributed by atoms with Crippen LogP contribution in [-0.4, -0.2) is 71.0 Å². The molecule has 1 amide bonds. The Bertz CT molecular complexity index is 1130.